The van der Waals surface area contributed by atoms with Crippen LogP contribution in [0.25, 0.3) is 0 Å². The highest BCUT2D eigenvalue weighted by molar-refractivity contribution is 9.09. The second kappa shape index (κ2) is 6.53. The molecule has 0 heterocycles. The van der Waals surface area contributed by atoms with Gasteiger partial charge in [0.2, 0.25) is 0 Å². The van der Waals surface area contributed by atoms with Gasteiger partial charge in [-0.05, 0) is 52.4 Å². The van der Waals surface area contributed by atoms with Gasteiger partial charge in [-0.25, -0.2) is 0 Å². The molecule has 0 spiro atoms. The molecule has 0 aromatic heterocycles. The fourth-order valence-corrected chi connectivity index (χ4v) is 2.93. The highest BCUT2D eigenvalue weighted by Crippen LogP contribution is 2.36. The molecule has 1 aliphatic rings. The largest absolute Gasteiger partial charge is 0.373 e. The molecular formula is C14H27BrO2. The zero-order valence-electron chi connectivity index (χ0n) is 11.7. The van der Waals surface area contributed by atoms with Crippen molar-refractivity contribution in [3.8, 4) is 0 Å². The Morgan fingerprint density at radius 1 is 1.18 bits per heavy atom. The maximum absolute atomic E-state index is 6.09. The highest BCUT2D eigenvalue weighted by Gasteiger charge is 2.34. The molecule has 1 fully saturated rings. The summed E-state index contributed by atoms with van der Waals surface area (Å²) in [6, 6.07) is 0. The van der Waals surface area contributed by atoms with E-state index in [1.807, 2.05) is 0 Å². The van der Waals surface area contributed by atoms with Gasteiger partial charge in [-0.2, -0.15) is 0 Å². The maximum atomic E-state index is 6.09. The summed E-state index contributed by atoms with van der Waals surface area (Å²) in [6.45, 7) is 9.96. The molecule has 1 aliphatic carbocycles. The summed E-state index contributed by atoms with van der Waals surface area (Å²) in [5.74, 6) is 0.858. The number of ether oxygens (including phenoxy) is 2. The van der Waals surface area contributed by atoms with Gasteiger partial charge >= 0.3 is 0 Å². The van der Waals surface area contributed by atoms with Crippen molar-refractivity contribution in [3.05, 3.63) is 0 Å². The Kier molecular flexibility index (Phi) is 5.94. The number of rotatable bonds is 5. The first kappa shape index (κ1) is 15.5. The smallest absolute Gasteiger partial charge is 0.0780 e. The summed E-state index contributed by atoms with van der Waals surface area (Å²) in [5.41, 5.74) is -0.000239. The minimum atomic E-state index is -0.0635. The molecule has 0 aromatic rings. The lowest BCUT2D eigenvalue weighted by atomic mass is 9.80. The van der Waals surface area contributed by atoms with Crippen LogP contribution in [0.15, 0.2) is 0 Å². The molecule has 17 heavy (non-hydrogen) atoms. The predicted octanol–water partition coefficient (Wildman–Crippen LogP) is 4.16. The first-order chi connectivity index (χ1) is 7.87. The molecule has 102 valence electrons. The van der Waals surface area contributed by atoms with Crippen LogP contribution in [0.5, 0.6) is 0 Å². The summed E-state index contributed by atoms with van der Waals surface area (Å²) in [4.78, 5) is 0. The molecular weight excluding hydrogens is 280 g/mol. The first-order valence-electron chi connectivity index (χ1n) is 6.71. The average Bonchev–Trinajstić information content (AvgIpc) is 2.26. The van der Waals surface area contributed by atoms with Crippen molar-refractivity contribution < 1.29 is 9.47 Å². The zero-order valence-corrected chi connectivity index (χ0v) is 13.3. The zero-order chi connectivity index (χ0) is 12.9. The van der Waals surface area contributed by atoms with Crippen LogP contribution < -0.4 is 0 Å². The average molecular weight is 307 g/mol. The van der Waals surface area contributed by atoms with E-state index in [2.05, 4.69) is 43.6 Å². The third-order valence-electron chi connectivity index (χ3n) is 3.46. The first-order valence-corrected chi connectivity index (χ1v) is 7.83. The molecule has 0 aliphatic heterocycles. The van der Waals surface area contributed by atoms with Crippen LogP contribution in [0.4, 0.5) is 0 Å². The van der Waals surface area contributed by atoms with Crippen LogP contribution in [0.1, 0.15) is 53.4 Å². The summed E-state index contributed by atoms with van der Waals surface area (Å²) < 4.78 is 11.8. The number of hydrogen-bond donors (Lipinski definition) is 0. The van der Waals surface area contributed by atoms with E-state index in [1.54, 1.807) is 0 Å². The fraction of sp³-hybridized carbons (Fsp3) is 1.00. The van der Waals surface area contributed by atoms with Crippen LogP contribution in [0.3, 0.4) is 0 Å². The van der Waals surface area contributed by atoms with Crippen molar-refractivity contribution in [1.82, 2.24) is 0 Å². The van der Waals surface area contributed by atoms with Crippen molar-refractivity contribution in [2.24, 2.45) is 5.92 Å². The lowest BCUT2D eigenvalue weighted by Gasteiger charge is -2.38. The van der Waals surface area contributed by atoms with E-state index < -0.39 is 0 Å². The minimum absolute atomic E-state index is 0.0632. The Labute approximate surface area is 115 Å². The van der Waals surface area contributed by atoms with Gasteiger partial charge in [-0.1, -0.05) is 22.9 Å². The fourth-order valence-electron chi connectivity index (χ4n) is 2.21. The molecule has 0 bridgehead atoms. The van der Waals surface area contributed by atoms with Crippen molar-refractivity contribution in [3.63, 3.8) is 0 Å². The lowest BCUT2D eigenvalue weighted by Crippen LogP contribution is -2.39. The van der Waals surface area contributed by atoms with Crippen LogP contribution in [0.2, 0.25) is 0 Å². The third kappa shape index (κ3) is 5.71. The van der Waals surface area contributed by atoms with Gasteiger partial charge in [-0.15, -0.1) is 0 Å². The quantitative estimate of drug-likeness (QED) is 0.561. The summed E-state index contributed by atoms with van der Waals surface area (Å²) in [7, 11) is 0. The van der Waals surface area contributed by atoms with Gasteiger partial charge < -0.3 is 9.47 Å². The Morgan fingerprint density at radius 2 is 1.76 bits per heavy atom. The van der Waals surface area contributed by atoms with Gasteiger partial charge in [0, 0.05) is 5.33 Å². The summed E-state index contributed by atoms with van der Waals surface area (Å²) in [6.07, 6.45) is 4.92. The molecule has 0 N–H and O–H groups in total. The Balaban J connectivity index is 2.27. The second-order valence-electron chi connectivity index (χ2n) is 6.31. The molecule has 0 atom stereocenters. The predicted molar refractivity (Wildman–Crippen MR) is 75.8 cm³/mol. The van der Waals surface area contributed by atoms with Crippen LogP contribution in [-0.4, -0.2) is 29.7 Å². The van der Waals surface area contributed by atoms with Gasteiger partial charge in [0.15, 0.2) is 0 Å². The van der Waals surface area contributed by atoms with Crippen molar-refractivity contribution in [1.29, 1.82) is 0 Å². The van der Waals surface area contributed by atoms with Crippen molar-refractivity contribution >= 4 is 15.9 Å². The SMILES string of the molecule is CC1CCC(CBr)(OCCOC(C)(C)C)CC1. The molecule has 0 aromatic carbocycles. The van der Waals surface area contributed by atoms with E-state index in [0.717, 1.165) is 11.2 Å². The van der Waals surface area contributed by atoms with Crippen LogP contribution in [0, 0.1) is 5.92 Å². The van der Waals surface area contributed by atoms with Crippen LogP contribution in [-0.2, 0) is 9.47 Å². The molecule has 1 rings (SSSR count). The third-order valence-corrected chi connectivity index (χ3v) is 4.48. The van der Waals surface area contributed by atoms with Gasteiger partial charge in [0.05, 0.1) is 24.4 Å². The Hall–Kier alpha value is 0.400. The number of hydrogen-bond acceptors (Lipinski definition) is 2. The standard InChI is InChI=1S/C14H27BrO2/c1-12-5-7-14(11-15,8-6-12)17-10-9-16-13(2,3)4/h12H,5-11H2,1-4H3. The normalized spacial score (nSPS) is 30.5. The monoisotopic (exact) mass is 306 g/mol. The van der Waals surface area contributed by atoms with E-state index in [0.29, 0.717) is 13.2 Å². The topological polar surface area (TPSA) is 18.5 Å². The maximum Gasteiger partial charge on any atom is 0.0780 e. The van der Waals surface area contributed by atoms with E-state index in [9.17, 15) is 0 Å². The molecule has 0 saturated heterocycles. The molecule has 2 nitrogen and oxygen atoms in total. The number of alkyl halides is 1. The Morgan fingerprint density at radius 3 is 2.24 bits per heavy atom. The minimum Gasteiger partial charge on any atom is -0.373 e. The van der Waals surface area contributed by atoms with E-state index in [1.165, 1.54) is 25.7 Å². The highest BCUT2D eigenvalue weighted by atomic mass is 79.9. The molecule has 0 radical (unpaired) electrons. The van der Waals surface area contributed by atoms with E-state index >= 15 is 0 Å². The lowest BCUT2D eigenvalue weighted by molar-refractivity contribution is -0.0986. The van der Waals surface area contributed by atoms with Crippen molar-refractivity contribution in [2.75, 3.05) is 18.5 Å². The van der Waals surface area contributed by atoms with Gasteiger partial charge in [-0.3, -0.25) is 0 Å². The van der Waals surface area contributed by atoms with Crippen molar-refractivity contribution in [2.45, 2.75) is 64.6 Å². The second-order valence-corrected chi connectivity index (χ2v) is 6.87. The van der Waals surface area contributed by atoms with Gasteiger partial charge in [0.25, 0.3) is 0 Å². The molecule has 1 saturated carbocycles. The van der Waals surface area contributed by atoms with E-state index in [-0.39, 0.29) is 11.2 Å². The van der Waals surface area contributed by atoms with E-state index in [4.69, 9.17) is 9.47 Å². The number of halogens is 1. The Bertz CT molecular complexity index is 215. The summed E-state index contributed by atoms with van der Waals surface area (Å²) >= 11 is 3.61. The molecule has 3 heteroatoms. The van der Waals surface area contributed by atoms with Gasteiger partial charge in [0.1, 0.15) is 0 Å². The van der Waals surface area contributed by atoms with Crippen LogP contribution >= 0.6 is 15.9 Å². The summed E-state index contributed by atoms with van der Waals surface area (Å²) in [5, 5.41) is 0.947. The molecule has 0 amide bonds. The molecule has 0 unspecified atom stereocenters.